The van der Waals surface area contributed by atoms with Crippen molar-refractivity contribution in [1.82, 2.24) is 0 Å². The van der Waals surface area contributed by atoms with Gasteiger partial charge >= 0.3 is 0 Å². The molecule has 1 aliphatic carbocycles. The van der Waals surface area contributed by atoms with Crippen LogP contribution in [0, 0.1) is 17.8 Å². The summed E-state index contributed by atoms with van der Waals surface area (Å²) in [5.74, 6) is 2.44. The highest BCUT2D eigenvalue weighted by atomic mass is 14.3. The molecule has 0 heterocycles. The van der Waals surface area contributed by atoms with E-state index in [9.17, 15) is 0 Å². The highest BCUT2D eigenvalue weighted by molar-refractivity contribution is 5.06. The summed E-state index contributed by atoms with van der Waals surface area (Å²) in [7, 11) is 0. The lowest BCUT2D eigenvalue weighted by Gasteiger charge is -2.31. The number of hydrogen-bond acceptors (Lipinski definition) is 0. The van der Waals surface area contributed by atoms with Crippen LogP contribution in [0.15, 0.2) is 12.2 Å². The zero-order chi connectivity index (χ0) is 7.72. The summed E-state index contributed by atoms with van der Waals surface area (Å²) >= 11 is 0. The Hall–Kier alpha value is -0.260. The molecule has 0 spiro atoms. The van der Waals surface area contributed by atoms with E-state index < -0.39 is 0 Å². The minimum Gasteiger partial charge on any atom is -0.0993 e. The van der Waals surface area contributed by atoms with E-state index in [1.165, 1.54) is 18.4 Å². The van der Waals surface area contributed by atoms with Crippen molar-refractivity contribution in [2.45, 2.75) is 33.6 Å². The molecule has 1 rings (SSSR count). The molecule has 2 atom stereocenters. The van der Waals surface area contributed by atoms with Crippen molar-refractivity contribution in [1.29, 1.82) is 0 Å². The molecule has 0 heteroatoms. The van der Waals surface area contributed by atoms with Gasteiger partial charge in [0, 0.05) is 0 Å². The van der Waals surface area contributed by atoms with E-state index in [1.807, 2.05) is 0 Å². The summed E-state index contributed by atoms with van der Waals surface area (Å²) in [4.78, 5) is 0. The monoisotopic (exact) mass is 138 g/mol. The SMILES string of the molecule is C=C1C(C)CC(C)CC1C. The van der Waals surface area contributed by atoms with Crippen molar-refractivity contribution in [3.05, 3.63) is 12.2 Å². The molecule has 0 N–H and O–H groups in total. The van der Waals surface area contributed by atoms with Gasteiger partial charge in [0.2, 0.25) is 0 Å². The van der Waals surface area contributed by atoms with E-state index in [1.54, 1.807) is 0 Å². The van der Waals surface area contributed by atoms with E-state index in [2.05, 4.69) is 27.4 Å². The molecular weight excluding hydrogens is 120 g/mol. The molecule has 1 aliphatic rings. The normalized spacial score (nSPS) is 41.9. The summed E-state index contributed by atoms with van der Waals surface area (Å²) in [5.41, 5.74) is 1.47. The zero-order valence-corrected chi connectivity index (χ0v) is 7.35. The van der Waals surface area contributed by atoms with Crippen LogP contribution in [-0.4, -0.2) is 0 Å². The molecule has 0 aromatic carbocycles. The Morgan fingerprint density at radius 1 is 1.10 bits per heavy atom. The molecule has 0 nitrogen and oxygen atoms in total. The van der Waals surface area contributed by atoms with Crippen molar-refractivity contribution in [3.8, 4) is 0 Å². The lowest BCUT2D eigenvalue weighted by atomic mass is 9.74. The van der Waals surface area contributed by atoms with E-state index in [0.717, 1.165) is 17.8 Å². The van der Waals surface area contributed by atoms with Gasteiger partial charge in [-0.2, -0.15) is 0 Å². The summed E-state index contributed by atoms with van der Waals surface area (Å²) in [5, 5.41) is 0. The highest BCUT2D eigenvalue weighted by Gasteiger charge is 2.23. The van der Waals surface area contributed by atoms with Crippen molar-refractivity contribution in [3.63, 3.8) is 0 Å². The molecule has 1 fully saturated rings. The Balaban J connectivity index is 2.57. The van der Waals surface area contributed by atoms with Crippen LogP contribution in [0.4, 0.5) is 0 Å². The molecule has 2 unspecified atom stereocenters. The fourth-order valence-electron chi connectivity index (χ4n) is 2.09. The lowest BCUT2D eigenvalue weighted by Crippen LogP contribution is -2.19. The highest BCUT2D eigenvalue weighted by Crippen LogP contribution is 2.35. The largest absolute Gasteiger partial charge is 0.0993 e. The van der Waals surface area contributed by atoms with Gasteiger partial charge in [-0.3, -0.25) is 0 Å². The van der Waals surface area contributed by atoms with Gasteiger partial charge in [-0.15, -0.1) is 0 Å². The average Bonchev–Trinajstić information content (AvgIpc) is 1.82. The number of hydrogen-bond donors (Lipinski definition) is 0. The summed E-state index contributed by atoms with van der Waals surface area (Å²) in [6.07, 6.45) is 2.70. The molecule has 0 amide bonds. The van der Waals surface area contributed by atoms with Gasteiger partial charge in [-0.1, -0.05) is 32.9 Å². The third kappa shape index (κ3) is 1.42. The Bertz CT molecular complexity index is 121. The van der Waals surface area contributed by atoms with E-state index in [-0.39, 0.29) is 0 Å². The maximum atomic E-state index is 4.11. The number of allylic oxidation sites excluding steroid dienone is 1. The maximum absolute atomic E-state index is 4.11. The minimum absolute atomic E-state index is 0.763. The van der Waals surface area contributed by atoms with Gasteiger partial charge in [-0.05, 0) is 30.6 Å². The van der Waals surface area contributed by atoms with Crippen molar-refractivity contribution < 1.29 is 0 Å². The zero-order valence-electron chi connectivity index (χ0n) is 7.35. The Labute approximate surface area is 64.3 Å². The van der Waals surface area contributed by atoms with Gasteiger partial charge in [0.1, 0.15) is 0 Å². The van der Waals surface area contributed by atoms with Crippen LogP contribution < -0.4 is 0 Å². The second-order valence-electron chi connectivity index (χ2n) is 3.95. The predicted octanol–water partition coefficient (Wildman–Crippen LogP) is 3.24. The standard InChI is InChI=1S/C10H18/c1-7-5-8(2)10(4)9(3)6-7/h7-9H,4-6H2,1-3H3. The van der Waals surface area contributed by atoms with Crippen LogP contribution >= 0.6 is 0 Å². The second-order valence-corrected chi connectivity index (χ2v) is 3.95. The first-order chi connectivity index (χ1) is 4.61. The van der Waals surface area contributed by atoms with Gasteiger partial charge in [0.15, 0.2) is 0 Å². The third-order valence-electron chi connectivity index (χ3n) is 2.78. The van der Waals surface area contributed by atoms with Crippen molar-refractivity contribution in [2.24, 2.45) is 17.8 Å². The van der Waals surface area contributed by atoms with Crippen molar-refractivity contribution >= 4 is 0 Å². The Morgan fingerprint density at radius 3 is 1.90 bits per heavy atom. The van der Waals surface area contributed by atoms with Crippen LogP contribution in [0.25, 0.3) is 0 Å². The fourth-order valence-corrected chi connectivity index (χ4v) is 2.09. The van der Waals surface area contributed by atoms with Crippen LogP contribution in [0.3, 0.4) is 0 Å². The molecule has 0 aromatic heterocycles. The van der Waals surface area contributed by atoms with E-state index >= 15 is 0 Å². The average molecular weight is 138 g/mol. The van der Waals surface area contributed by atoms with E-state index in [4.69, 9.17) is 0 Å². The fraction of sp³-hybridized carbons (Fsp3) is 0.800. The van der Waals surface area contributed by atoms with E-state index in [0.29, 0.717) is 0 Å². The minimum atomic E-state index is 0.763. The first-order valence-electron chi connectivity index (χ1n) is 4.30. The molecule has 1 saturated carbocycles. The predicted molar refractivity (Wildman–Crippen MR) is 45.9 cm³/mol. The van der Waals surface area contributed by atoms with Crippen molar-refractivity contribution in [2.75, 3.05) is 0 Å². The van der Waals surface area contributed by atoms with Gasteiger partial charge < -0.3 is 0 Å². The third-order valence-corrected chi connectivity index (χ3v) is 2.78. The number of rotatable bonds is 0. The first kappa shape index (κ1) is 7.84. The summed E-state index contributed by atoms with van der Waals surface area (Å²) < 4.78 is 0. The molecular formula is C10H18. The molecule has 10 heavy (non-hydrogen) atoms. The van der Waals surface area contributed by atoms with Crippen LogP contribution in [0.5, 0.6) is 0 Å². The quantitative estimate of drug-likeness (QED) is 0.451. The topological polar surface area (TPSA) is 0 Å². The second kappa shape index (κ2) is 2.77. The van der Waals surface area contributed by atoms with Gasteiger partial charge in [0.25, 0.3) is 0 Å². The summed E-state index contributed by atoms with van der Waals surface area (Å²) in [6.45, 7) is 11.1. The Morgan fingerprint density at radius 2 is 1.50 bits per heavy atom. The van der Waals surface area contributed by atoms with Crippen LogP contribution in [0.1, 0.15) is 33.6 Å². The molecule has 0 aromatic rings. The molecule has 0 aliphatic heterocycles. The summed E-state index contributed by atoms with van der Waals surface area (Å²) in [6, 6.07) is 0. The van der Waals surface area contributed by atoms with Gasteiger partial charge in [0.05, 0.1) is 0 Å². The smallest absolute Gasteiger partial charge is 0.0229 e. The first-order valence-corrected chi connectivity index (χ1v) is 4.30. The molecule has 0 saturated heterocycles. The maximum Gasteiger partial charge on any atom is -0.0229 e. The van der Waals surface area contributed by atoms with Crippen LogP contribution in [-0.2, 0) is 0 Å². The molecule has 58 valence electrons. The lowest BCUT2D eigenvalue weighted by molar-refractivity contribution is 0.312. The van der Waals surface area contributed by atoms with Gasteiger partial charge in [-0.25, -0.2) is 0 Å². The molecule has 0 bridgehead atoms. The van der Waals surface area contributed by atoms with Crippen LogP contribution in [0.2, 0.25) is 0 Å². The Kier molecular flexibility index (Phi) is 2.18. The molecule has 0 radical (unpaired) electrons.